The Hall–Kier alpha value is -1.89. The predicted molar refractivity (Wildman–Crippen MR) is 82.7 cm³/mol. The Kier molecular flexibility index (Phi) is 4.73. The van der Waals surface area contributed by atoms with Gasteiger partial charge in [-0.3, -0.25) is 0 Å². The summed E-state index contributed by atoms with van der Waals surface area (Å²) in [5.74, 6) is 0.881. The fourth-order valence-electron chi connectivity index (χ4n) is 1.56. The number of nitrogens with one attached hydrogen (secondary N) is 2. The highest BCUT2D eigenvalue weighted by atomic mass is 79.9. The fraction of sp³-hybridized carbons (Fsp3) is 0.308. The van der Waals surface area contributed by atoms with Gasteiger partial charge >= 0.3 is 6.01 Å². The molecule has 0 spiro atoms. The summed E-state index contributed by atoms with van der Waals surface area (Å²) in [6, 6.07) is 6.28. The second-order valence-corrected chi connectivity index (χ2v) is 4.91. The third-order valence-corrected chi connectivity index (χ3v) is 3.14. The maximum absolute atomic E-state index is 5.32. The largest absolute Gasteiger partial charge is 0.464 e. The molecule has 0 saturated carbocycles. The summed E-state index contributed by atoms with van der Waals surface area (Å²) in [4.78, 5) is 12.6. The zero-order valence-corrected chi connectivity index (χ0v) is 13.2. The molecule has 1 aromatic carbocycles. The van der Waals surface area contributed by atoms with Crippen LogP contribution in [0.3, 0.4) is 0 Å². The normalized spacial score (nSPS) is 10.2. The van der Waals surface area contributed by atoms with Gasteiger partial charge in [0, 0.05) is 11.5 Å². The minimum atomic E-state index is 0.289. The van der Waals surface area contributed by atoms with Gasteiger partial charge in [-0.15, -0.1) is 0 Å². The molecular formula is C13H16BrN5O. The van der Waals surface area contributed by atoms with Crippen LogP contribution >= 0.6 is 15.9 Å². The first-order valence-corrected chi connectivity index (χ1v) is 7.01. The second-order valence-electron chi connectivity index (χ2n) is 4.06. The van der Waals surface area contributed by atoms with E-state index < -0.39 is 0 Å². The lowest BCUT2D eigenvalue weighted by Crippen LogP contribution is -2.07. The number of nitrogens with zero attached hydrogens (tertiary/aromatic N) is 3. The highest BCUT2D eigenvalue weighted by Crippen LogP contribution is 2.26. The Morgan fingerprint density at radius 3 is 2.60 bits per heavy atom. The Morgan fingerprint density at radius 2 is 1.95 bits per heavy atom. The molecule has 0 fully saturated rings. The molecule has 106 valence electrons. The van der Waals surface area contributed by atoms with Crippen LogP contribution in [0.4, 0.5) is 17.6 Å². The molecule has 2 rings (SSSR count). The summed E-state index contributed by atoms with van der Waals surface area (Å²) < 4.78 is 6.27. The van der Waals surface area contributed by atoms with Crippen molar-refractivity contribution in [2.45, 2.75) is 13.8 Å². The third kappa shape index (κ3) is 3.57. The maximum Gasteiger partial charge on any atom is 0.323 e. The minimum Gasteiger partial charge on any atom is -0.464 e. The zero-order valence-electron chi connectivity index (χ0n) is 11.6. The molecule has 0 saturated heterocycles. The first-order valence-electron chi connectivity index (χ1n) is 6.22. The molecule has 7 heteroatoms. The van der Waals surface area contributed by atoms with Crippen LogP contribution in [-0.4, -0.2) is 28.6 Å². The molecule has 2 aromatic rings. The zero-order chi connectivity index (χ0) is 14.5. The average molecular weight is 338 g/mol. The van der Waals surface area contributed by atoms with E-state index in [-0.39, 0.29) is 6.01 Å². The molecule has 6 nitrogen and oxygen atoms in total. The van der Waals surface area contributed by atoms with Crippen LogP contribution < -0.4 is 15.4 Å². The number of hydrogen-bond acceptors (Lipinski definition) is 6. The van der Waals surface area contributed by atoms with Crippen molar-refractivity contribution in [1.29, 1.82) is 0 Å². The number of hydrogen-bond donors (Lipinski definition) is 2. The Bertz CT molecular complexity index is 605. The van der Waals surface area contributed by atoms with E-state index in [9.17, 15) is 0 Å². The summed E-state index contributed by atoms with van der Waals surface area (Å²) in [5, 5.41) is 6.03. The topological polar surface area (TPSA) is 72.0 Å². The van der Waals surface area contributed by atoms with Gasteiger partial charge in [-0.1, -0.05) is 6.07 Å². The molecule has 0 radical (unpaired) electrons. The molecule has 0 bridgehead atoms. The fourth-order valence-corrected chi connectivity index (χ4v) is 2.15. The quantitative estimate of drug-likeness (QED) is 0.873. The van der Waals surface area contributed by atoms with E-state index in [2.05, 4.69) is 41.5 Å². The molecule has 0 atom stereocenters. The van der Waals surface area contributed by atoms with Gasteiger partial charge in [-0.05, 0) is 47.5 Å². The van der Waals surface area contributed by atoms with Crippen LogP contribution in [0, 0.1) is 6.92 Å². The summed E-state index contributed by atoms with van der Waals surface area (Å²) >= 11 is 3.51. The van der Waals surface area contributed by atoms with Gasteiger partial charge in [0.1, 0.15) is 0 Å². The smallest absolute Gasteiger partial charge is 0.323 e. The van der Waals surface area contributed by atoms with Gasteiger partial charge < -0.3 is 15.4 Å². The van der Waals surface area contributed by atoms with Crippen LogP contribution in [0.1, 0.15) is 12.5 Å². The first kappa shape index (κ1) is 14.5. The van der Waals surface area contributed by atoms with Crippen LogP contribution in [0.15, 0.2) is 22.7 Å². The number of aromatic nitrogens is 3. The molecule has 0 aliphatic rings. The van der Waals surface area contributed by atoms with Gasteiger partial charge in [0.15, 0.2) is 0 Å². The minimum absolute atomic E-state index is 0.289. The van der Waals surface area contributed by atoms with E-state index >= 15 is 0 Å². The van der Waals surface area contributed by atoms with Gasteiger partial charge in [-0.25, -0.2) is 0 Å². The summed E-state index contributed by atoms with van der Waals surface area (Å²) in [6.07, 6.45) is 0. The van der Waals surface area contributed by atoms with E-state index in [0.29, 0.717) is 18.5 Å². The van der Waals surface area contributed by atoms with Crippen molar-refractivity contribution < 1.29 is 4.74 Å². The molecule has 0 amide bonds. The number of aryl methyl sites for hydroxylation is 1. The van der Waals surface area contributed by atoms with E-state index in [1.54, 1.807) is 7.05 Å². The highest BCUT2D eigenvalue weighted by molar-refractivity contribution is 9.10. The second kappa shape index (κ2) is 6.51. The molecule has 0 aliphatic heterocycles. The molecular weight excluding hydrogens is 322 g/mol. The van der Waals surface area contributed by atoms with E-state index in [0.717, 1.165) is 10.2 Å². The Morgan fingerprint density at radius 1 is 1.20 bits per heavy atom. The molecule has 0 unspecified atom stereocenters. The lowest BCUT2D eigenvalue weighted by Gasteiger charge is -2.10. The van der Waals surface area contributed by atoms with Gasteiger partial charge in [0.2, 0.25) is 11.9 Å². The van der Waals surface area contributed by atoms with Crippen LogP contribution in [0.2, 0.25) is 0 Å². The predicted octanol–water partition coefficient (Wildman–Crippen LogP) is 3.13. The number of rotatable bonds is 5. The van der Waals surface area contributed by atoms with Crippen LogP contribution in [0.25, 0.3) is 0 Å². The maximum atomic E-state index is 5.32. The van der Waals surface area contributed by atoms with Gasteiger partial charge in [0.25, 0.3) is 0 Å². The molecule has 0 aliphatic carbocycles. The number of ether oxygens (including phenoxy) is 1. The molecule has 20 heavy (non-hydrogen) atoms. The van der Waals surface area contributed by atoms with Gasteiger partial charge in [-0.2, -0.15) is 15.0 Å². The average Bonchev–Trinajstić information content (AvgIpc) is 2.42. The summed E-state index contributed by atoms with van der Waals surface area (Å²) in [6.45, 7) is 4.41. The Balaban J connectivity index is 2.29. The number of halogens is 1. The standard InChI is InChI=1S/C13H16BrN5O/c1-4-20-13-18-11(15-3)17-12(19-13)16-10-6-5-8(2)7-9(10)14/h5-7H,4H2,1-3H3,(H2,15,16,17,18,19). The molecule has 2 N–H and O–H groups in total. The number of benzene rings is 1. The SMILES string of the molecule is CCOc1nc(NC)nc(Nc2ccc(C)cc2Br)n1. The van der Waals surface area contributed by atoms with Crippen molar-refractivity contribution in [2.75, 3.05) is 24.3 Å². The van der Waals surface area contributed by atoms with Crippen molar-refractivity contribution in [3.63, 3.8) is 0 Å². The molecule has 1 heterocycles. The first-order chi connectivity index (χ1) is 9.62. The summed E-state index contributed by atoms with van der Waals surface area (Å²) in [5.41, 5.74) is 2.05. The lowest BCUT2D eigenvalue weighted by atomic mass is 10.2. The van der Waals surface area contributed by atoms with Crippen molar-refractivity contribution in [3.05, 3.63) is 28.2 Å². The third-order valence-electron chi connectivity index (χ3n) is 2.48. The van der Waals surface area contributed by atoms with Crippen molar-refractivity contribution in [2.24, 2.45) is 0 Å². The van der Waals surface area contributed by atoms with Crippen molar-refractivity contribution in [3.8, 4) is 6.01 Å². The highest BCUT2D eigenvalue weighted by Gasteiger charge is 2.08. The lowest BCUT2D eigenvalue weighted by molar-refractivity contribution is 0.312. The van der Waals surface area contributed by atoms with E-state index in [1.807, 2.05) is 32.0 Å². The van der Waals surface area contributed by atoms with Crippen LogP contribution in [0.5, 0.6) is 6.01 Å². The van der Waals surface area contributed by atoms with Crippen molar-refractivity contribution >= 4 is 33.5 Å². The number of anilines is 3. The molecule has 1 aromatic heterocycles. The van der Waals surface area contributed by atoms with Crippen LogP contribution in [-0.2, 0) is 0 Å². The summed E-state index contributed by atoms with van der Waals surface area (Å²) in [7, 11) is 1.75. The van der Waals surface area contributed by atoms with E-state index in [4.69, 9.17) is 4.74 Å². The van der Waals surface area contributed by atoms with Crippen molar-refractivity contribution in [1.82, 2.24) is 15.0 Å². The van der Waals surface area contributed by atoms with Gasteiger partial charge in [0.05, 0.1) is 12.3 Å². The Labute approximate surface area is 126 Å². The van der Waals surface area contributed by atoms with E-state index in [1.165, 1.54) is 5.56 Å². The monoisotopic (exact) mass is 337 g/mol.